The van der Waals surface area contributed by atoms with Crippen LogP contribution in [0.15, 0.2) is 47.9 Å². The first kappa shape index (κ1) is 18.2. The van der Waals surface area contributed by atoms with Gasteiger partial charge in [-0.1, -0.05) is 31.2 Å². The Hall–Kier alpha value is -1.19. The van der Waals surface area contributed by atoms with E-state index in [1.54, 1.807) is 0 Å². The van der Waals surface area contributed by atoms with Crippen LogP contribution in [0.4, 0.5) is 0 Å². The van der Waals surface area contributed by atoms with Crippen LogP contribution in [0.2, 0.25) is 0 Å². The van der Waals surface area contributed by atoms with Crippen molar-refractivity contribution in [3.8, 4) is 5.75 Å². The molecule has 2 rings (SSSR count). The van der Waals surface area contributed by atoms with E-state index in [4.69, 9.17) is 4.74 Å². The van der Waals surface area contributed by atoms with Crippen molar-refractivity contribution in [3.63, 3.8) is 0 Å². The summed E-state index contributed by atoms with van der Waals surface area (Å²) in [6, 6.07) is 9.06. The summed E-state index contributed by atoms with van der Waals surface area (Å²) in [5, 5.41) is 3.46. The lowest BCUT2D eigenvalue weighted by Crippen LogP contribution is -2.28. The maximum atomic E-state index is 5.88. The van der Waals surface area contributed by atoms with E-state index in [-0.39, 0.29) is 0 Å². The Morgan fingerprint density at radius 1 is 1.43 bits per heavy atom. The van der Waals surface area contributed by atoms with Gasteiger partial charge in [-0.15, -0.1) is 18.3 Å². The standard InChI is InChI=1S/C20H29NOS/c1-4-16(3)15-23-20(5-2)13-17-8-10-19(11-9-17)22-14-18-7-6-12-21-18/h4-5,8-11,16,18,21H,1,6-7,12-15H2,2-3H3/b20-5-. The lowest BCUT2D eigenvalue weighted by molar-refractivity contribution is 0.277. The lowest BCUT2D eigenvalue weighted by atomic mass is 10.1. The van der Waals surface area contributed by atoms with Gasteiger partial charge in [-0.3, -0.25) is 0 Å². The van der Waals surface area contributed by atoms with Crippen molar-refractivity contribution in [2.75, 3.05) is 18.9 Å². The van der Waals surface area contributed by atoms with Gasteiger partial charge in [0, 0.05) is 18.2 Å². The molecule has 1 saturated heterocycles. The summed E-state index contributed by atoms with van der Waals surface area (Å²) < 4.78 is 5.88. The molecule has 0 aliphatic carbocycles. The molecule has 23 heavy (non-hydrogen) atoms. The van der Waals surface area contributed by atoms with Crippen molar-refractivity contribution in [2.24, 2.45) is 5.92 Å². The first-order chi connectivity index (χ1) is 11.2. The van der Waals surface area contributed by atoms with Crippen molar-refractivity contribution in [1.82, 2.24) is 5.32 Å². The zero-order chi connectivity index (χ0) is 16.5. The van der Waals surface area contributed by atoms with E-state index in [0.717, 1.165) is 31.1 Å². The van der Waals surface area contributed by atoms with Crippen LogP contribution >= 0.6 is 11.8 Å². The number of ether oxygens (including phenoxy) is 1. The molecule has 1 N–H and O–H groups in total. The van der Waals surface area contributed by atoms with Gasteiger partial charge < -0.3 is 10.1 Å². The number of nitrogens with one attached hydrogen (secondary N) is 1. The predicted molar refractivity (Wildman–Crippen MR) is 102 cm³/mol. The Bertz CT molecular complexity index is 503. The van der Waals surface area contributed by atoms with Crippen LogP contribution in [0.3, 0.4) is 0 Å². The average Bonchev–Trinajstić information content (AvgIpc) is 3.11. The summed E-state index contributed by atoms with van der Waals surface area (Å²) in [6.07, 6.45) is 7.72. The van der Waals surface area contributed by atoms with Crippen LogP contribution in [0.25, 0.3) is 0 Å². The molecule has 2 unspecified atom stereocenters. The summed E-state index contributed by atoms with van der Waals surface area (Å²) in [6.45, 7) is 10.1. The predicted octanol–water partition coefficient (Wildman–Crippen LogP) is 4.82. The molecule has 1 fully saturated rings. The van der Waals surface area contributed by atoms with Crippen molar-refractivity contribution >= 4 is 11.8 Å². The third kappa shape index (κ3) is 6.44. The second-order valence-corrected chi connectivity index (χ2v) is 7.35. The molecule has 1 heterocycles. The highest BCUT2D eigenvalue weighted by Gasteiger charge is 2.14. The first-order valence-electron chi connectivity index (χ1n) is 8.57. The topological polar surface area (TPSA) is 21.3 Å². The molecule has 126 valence electrons. The van der Waals surface area contributed by atoms with Crippen LogP contribution in [-0.2, 0) is 6.42 Å². The van der Waals surface area contributed by atoms with Gasteiger partial charge in [-0.2, -0.15) is 0 Å². The Kier molecular flexibility index (Phi) is 7.77. The third-order valence-corrected chi connectivity index (χ3v) is 5.61. The van der Waals surface area contributed by atoms with Crippen molar-refractivity contribution in [3.05, 3.63) is 53.5 Å². The number of allylic oxidation sites excluding steroid dienone is 3. The van der Waals surface area contributed by atoms with Gasteiger partial charge in [-0.25, -0.2) is 0 Å². The zero-order valence-electron chi connectivity index (χ0n) is 14.4. The minimum atomic E-state index is 0.521. The van der Waals surface area contributed by atoms with E-state index in [2.05, 4.69) is 56.1 Å². The van der Waals surface area contributed by atoms with Crippen molar-refractivity contribution in [2.45, 2.75) is 39.2 Å². The number of thioether (sulfide) groups is 1. The molecule has 1 aliphatic heterocycles. The van der Waals surface area contributed by atoms with E-state index < -0.39 is 0 Å². The van der Waals surface area contributed by atoms with Gasteiger partial charge in [0.05, 0.1) is 0 Å². The Balaban J connectivity index is 1.79. The van der Waals surface area contributed by atoms with E-state index in [9.17, 15) is 0 Å². The molecule has 0 aromatic heterocycles. The molecule has 1 aromatic carbocycles. The van der Waals surface area contributed by atoms with Crippen LogP contribution in [0.1, 0.15) is 32.3 Å². The highest BCUT2D eigenvalue weighted by Crippen LogP contribution is 2.24. The minimum Gasteiger partial charge on any atom is -0.492 e. The molecule has 3 heteroatoms. The maximum absolute atomic E-state index is 5.88. The molecular weight excluding hydrogens is 302 g/mol. The van der Waals surface area contributed by atoms with E-state index >= 15 is 0 Å². The molecule has 0 spiro atoms. The highest BCUT2D eigenvalue weighted by atomic mass is 32.2. The van der Waals surface area contributed by atoms with Gasteiger partial charge in [-0.05, 0) is 54.8 Å². The summed E-state index contributed by atoms with van der Waals surface area (Å²) in [4.78, 5) is 1.42. The lowest BCUT2D eigenvalue weighted by Gasteiger charge is -2.13. The Morgan fingerprint density at radius 3 is 2.83 bits per heavy atom. The van der Waals surface area contributed by atoms with E-state index in [1.807, 2.05) is 17.8 Å². The largest absolute Gasteiger partial charge is 0.492 e. The Labute approximate surface area is 145 Å². The number of rotatable bonds is 9. The molecule has 1 aromatic rings. The van der Waals surface area contributed by atoms with E-state index in [0.29, 0.717) is 12.0 Å². The molecule has 0 amide bonds. The molecular formula is C20H29NOS. The second kappa shape index (κ2) is 9.84. The number of hydrogen-bond donors (Lipinski definition) is 1. The quantitative estimate of drug-likeness (QED) is 0.656. The smallest absolute Gasteiger partial charge is 0.119 e. The summed E-state index contributed by atoms with van der Waals surface area (Å²) >= 11 is 1.93. The molecule has 0 bridgehead atoms. The van der Waals surface area contributed by atoms with Crippen LogP contribution < -0.4 is 10.1 Å². The van der Waals surface area contributed by atoms with Gasteiger partial charge in [0.15, 0.2) is 0 Å². The number of benzene rings is 1. The fraction of sp³-hybridized carbons (Fsp3) is 0.500. The van der Waals surface area contributed by atoms with E-state index in [1.165, 1.54) is 23.3 Å². The van der Waals surface area contributed by atoms with Crippen molar-refractivity contribution < 1.29 is 4.74 Å². The summed E-state index contributed by atoms with van der Waals surface area (Å²) in [5.41, 5.74) is 1.34. The third-order valence-electron chi connectivity index (χ3n) is 4.17. The number of hydrogen-bond acceptors (Lipinski definition) is 3. The monoisotopic (exact) mass is 331 g/mol. The molecule has 0 radical (unpaired) electrons. The summed E-state index contributed by atoms with van der Waals surface area (Å²) in [5.74, 6) is 2.62. The maximum Gasteiger partial charge on any atom is 0.119 e. The van der Waals surface area contributed by atoms with Crippen LogP contribution in [0.5, 0.6) is 5.75 Å². The zero-order valence-corrected chi connectivity index (χ0v) is 15.2. The van der Waals surface area contributed by atoms with Gasteiger partial charge >= 0.3 is 0 Å². The molecule has 2 atom stereocenters. The summed E-state index contributed by atoms with van der Waals surface area (Å²) in [7, 11) is 0. The normalized spacial score (nSPS) is 19.6. The minimum absolute atomic E-state index is 0.521. The van der Waals surface area contributed by atoms with Gasteiger partial charge in [0.2, 0.25) is 0 Å². The van der Waals surface area contributed by atoms with Crippen LogP contribution in [-0.4, -0.2) is 24.9 Å². The fourth-order valence-electron chi connectivity index (χ4n) is 2.54. The second-order valence-electron chi connectivity index (χ2n) is 6.20. The van der Waals surface area contributed by atoms with Gasteiger partial charge in [0.25, 0.3) is 0 Å². The fourth-order valence-corrected chi connectivity index (χ4v) is 3.59. The Morgan fingerprint density at radius 2 is 2.22 bits per heavy atom. The SMILES string of the molecule is C=CC(C)CS/C(=C\C)Cc1ccc(OCC2CCCN2)cc1. The molecule has 0 saturated carbocycles. The van der Waals surface area contributed by atoms with Crippen LogP contribution in [0, 0.1) is 5.92 Å². The first-order valence-corrected chi connectivity index (χ1v) is 9.55. The molecule has 2 nitrogen and oxygen atoms in total. The molecule has 1 aliphatic rings. The highest BCUT2D eigenvalue weighted by molar-refractivity contribution is 8.03. The average molecular weight is 332 g/mol. The van der Waals surface area contributed by atoms with Gasteiger partial charge in [0.1, 0.15) is 12.4 Å². The van der Waals surface area contributed by atoms with Crippen molar-refractivity contribution in [1.29, 1.82) is 0 Å².